The second-order valence-electron chi connectivity index (χ2n) is 10.1. The third kappa shape index (κ3) is 18.0. The molecule has 0 spiro atoms. The van der Waals surface area contributed by atoms with Gasteiger partial charge in [-0.2, -0.15) is 0 Å². The molecule has 5 aromatic rings. The fraction of sp³-hybridized carbons (Fsp3) is 0.211. The van der Waals surface area contributed by atoms with Crippen LogP contribution in [0.15, 0.2) is 121 Å². The summed E-state index contributed by atoms with van der Waals surface area (Å²) in [7, 11) is 1.65. The van der Waals surface area contributed by atoms with Crippen molar-refractivity contribution >= 4 is 11.6 Å². The Morgan fingerprint density at radius 3 is 1.17 bits per heavy atom. The smallest absolute Gasteiger partial charge is 0.123 e. The first-order valence-corrected chi connectivity index (χ1v) is 15.6. The Morgan fingerprint density at radius 1 is 0.489 bits per heavy atom. The summed E-state index contributed by atoms with van der Waals surface area (Å²) in [5, 5.41) is 0.757. The van der Waals surface area contributed by atoms with Crippen LogP contribution in [0.4, 0.5) is 4.39 Å². The molecule has 9 heteroatoms. The molecule has 47 heavy (non-hydrogen) atoms. The van der Waals surface area contributed by atoms with E-state index in [4.69, 9.17) is 50.7 Å². The minimum absolute atomic E-state index is 0.216. The Morgan fingerprint density at radius 2 is 0.830 bits per heavy atom. The lowest BCUT2D eigenvalue weighted by molar-refractivity contribution is 0.414. The highest BCUT2D eigenvalue weighted by molar-refractivity contribution is 6.30. The summed E-state index contributed by atoms with van der Waals surface area (Å²) in [6, 6.07) is 37.6. The van der Waals surface area contributed by atoms with Gasteiger partial charge in [-0.05, 0) is 76.7 Å². The maximum absolute atomic E-state index is 12.2. The Bertz CT molecular complexity index is 1330. The Hall–Kier alpha value is -4.12. The number of rotatable bonds is 7. The van der Waals surface area contributed by atoms with Crippen molar-refractivity contribution in [3.8, 4) is 5.75 Å². The highest BCUT2D eigenvalue weighted by Crippen LogP contribution is 2.10. The van der Waals surface area contributed by atoms with E-state index >= 15 is 0 Å². The fourth-order valence-electron chi connectivity index (χ4n) is 3.68. The lowest BCUT2D eigenvalue weighted by atomic mass is 10.1. The van der Waals surface area contributed by atoms with Gasteiger partial charge in [0.05, 0.1) is 7.11 Å². The van der Waals surface area contributed by atoms with E-state index in [0.717, 1.165) is 38.6 Å². The van der Waals surface area contributed by atoms with Crippen LogP contribution >= 0.6 is 11.6 Å². The van der Waals surface area contributed by atoms with Crippen LogP contribution in [0.2, 0.25) is 5.02 Å². The molecule has 5 rings (SSSR count). The predicted octanol–water partition coefficient (Wildman–Crippen LogP) is 6.29. The van der Waals surface area contributed by atoms with Gasteiger partial charge in [0, 0.05) is 44.3 Å². The van der Waals surface area contributed by atoms with E-state index in [1.54, 1.807) is 19.2 Å². The first-order chi connectivity index (χ1) is 22.7. The molecule has 5 aromatic carbocycles. The summed E-state index contributed by atoms with van der Waals surface area (Å²) >= 11 is 5.63. The number of benzene rings is 5. The van der Waals surface area contributed by atoms with Gasteiger partial charge in [-0.15, -0.1) is 0 Å². The summed E-state index contributed by atoms with van der Waals surface area (Å²) in [6.45, 7) is 5.50. The molecule has 0 radical (unpaired) electrons. The van der Waals surface area contributed by atoms with Crippen LogP contribution in [0, 0.1) is 12.7 Å². The van der Waals surface area contributed by atoms with E-state index in [2.05, 4.69) is 31.2 Å². The average Bonchev–Trinajstić information content (AvgIpc) is 3.13. The van der Waals surface area contributed by atoms with E-state index in [0.29, 0.717) is 39.3 Å². The molecule has 0 saturated carbocycles. The number of nitrogens with two attached hydrogens (primary N) is 6. The Balaban J connectivity index is 0.000000294. The lowest BCUT2D eigenvalue weighted by Crippen LogP contribution is -2.05. The van der Waals surface area contributed by atoms with Gasteiger partial charge in [0.1, 0.15) is 11.6 Å². The average molecular weight is 661 g/mol. The highest BCUT2D eigenvalue weighted by Gasteiger charge is 1.94. The van der Waals surface area contributed by atoms with Gasteiger partial charge in [0.2, 0.25) is 0 Å². The topological polar surface area (TPSA) is 165 Å². The van der Waals surface area contributed by atoms with Crippen LogP contribution in [0.3, 0.4) is 0 Å². The van der Waals surface area contributed by atoms with Crippen molar-refractivity contribution in [1.29, 1.82) is 0 Å². The van der Waals surface area contributed by atoms with E-state index in [1.165, 1.54) is 23.3 Å². The fourth-order valence-corrected chi connectivity index (χ4v) is 3.81. The van der Waals surface area contributed by atoms with Crippen molar-refractivity contribution in [3.63, 3.8) is 0 Å². The normalized spacial score (nSPS) is 9.57. The molecule has 0 heterocycles. The molecular weight excluding hydrogens is 611 g/mol. The first kappa shape index (κ1) is 40.9. The van der Waals surface area contributed by atoms with Gasteiger partial charge in [-0.1, -0.05) is 102 Å². The van der Waals surface area contributed by atoms with Crippen molar-refractivity contribution < 1.29 is 9.13 Å². The lowest BCUT2D eigenvalue weighted by Gasteiger charge is -2.02. The van der Waals surface area contributed by atoms with E-state index in [1.807, 2.05) is 72.8 Å². The molecule has 0 bridgehead atoms. The van der Waals surface area contributed by atoms with Crippen molar-refractivity contribution in [1.82, 2.24) is 0 Å². The maximum atomic E-state index is 12.2. The zero-order valence-corrected chi connectivity index (χ0v) is 28.2. The van der Waals surface area contributed by atoms with Crippen LogP contribution in [0.25, 0.3) is 0 Å². The van der Waals surface area contributed by atoms with Crippen molar-refractivity contribution in [2.24, 2.45) is 34.4 Å². The third-order valence-corrected chi connectivity index (χ3v) is 6.86. The quantitative estimate of drug-likeness (QED) is 0.119. The summed E-state index contributed by atoms with van der Waals surface area (Å²) in [6.07, 6.45) is 0. The van der Waals surface area contributed by atoms with E-state index in [9.17, 15) is 4.39 Å². The predicted molar refractivity (Wildman–Crippen MR) is 196 cm³/mol. The second kappa shape index (κ2) is 25.0. The summed E-state index contributed by atoms with van der Waals surface area (Å²) in [5.74, 6) is 0.657. The van der Waals surface area contributed by atoms with Gasteiger partial charge < -0.3 is 39.1 Å². The van der Waals surface area contributed by atoms with Crippen LogP contribution in [-0.2, 0) is 39.3 Å². The first-order valence-electron chi connectivity index (χ1n) is 15.2. The molecular formula is C38H50ClFN6O. The molecule has 7 nitrogen and oxygen atoms in total. The van der Waals surface area contributed by atoms with E-state index in [-0.39, 0.29) is 5.82 Å². The second-order valence-corrected chi connectivity index (χ2v) is 10.5. The maximum Gasteiger partial charge on any atom is 0.123 e. The largest absolute Gasteiger partial charge is 0.497 e. The molecule has 0 aliphatic rings. The summed E-state index contributed by atoms with van der Waals surface area (Å²) in [4.78, 5) is 0. The number of methoxy groups -OCH3 is 1. The molecule has 0 aromatic heterocycles. The minimum Gasteiger partial charge on any atom is -0.497 e. The van der Waals surface area contributed by atoms with Gasteiger partial charge in [0.25, 0.3) is 0 Å². The molecule has 0 amide bonds. The van der Waals surface area contributed by atoms with Crippen molar-refractivity contribution in [3.05, 3.63) is 171 Å². The number of halogens is 2. The van der Waals surface area contributed by atoms with Gasteiger partial charge in [0.15, 0.2) is 0 Å². The highest BCUT2D eigenvalue weighted by atomic mass is 35.5. The van der Waals surface area contributed by atoms with E-state index < -0.39 is 0 Å². The third-order valence-electron chi connectivity index (χ3n) is 6.61. The number of ether oxygens (including phenoxy) is 1. The standard InChI is InChI=1S/C8H12N2.C8H11NO.C8H11N.C7H8ClN.C7H8FN/c9-5-7-3-1-2-4-8(7)6-10;1-10-8-4-2-7(6-9)3-5-8;1-7-2-4-8(6-9)5-3-7;2*8-7-3-1-6(5-9)2-4-7/h1-4H,5-6,9-10H2;2-5H,6,9H2,1H3;2-5H,6,9H2,1H3;2*1-4H,5,9H2. The van der Waals surface area contributed by atoms with Gasteiger partial charge in [-0.25, -0.2) is 4.39 Å². The molecule has 0 saturated heterocycles. The molecule has 0 aliphatic heterocycles. The van der Waals surface area contributed by atoms with Crippen LogP contribution in [0.1, 0.15) is 38.9 Å². The van der Waals surface area contributed by atoms with Crippen LogP contribution in [0.5, 0.6) is 5.75 Å². The molecule has 0 aliphatic carbocycles. The van der Waals surface area contributed by atoms with Crippen molar-refractivity contribution in [2.45, 2.75) is 46.2 Å². The van der Waals surface area contributed by atoms with Crippen LogP contribution in [-0.4, -0.2) is 7.11 Å². The number of hydrogen-bond acceptors (Lipinski definition) is 7. The number of hydrogen-bond donors (Lipinski definition) is 6. The summed E-state index contributed by atoms with van der Waals surface area (Å²) < 4.78 is 17.2. The zero-order valence-electron chi connectivity index (χ0n) is 27.4. The summed E-state index contributed by atoms with van der Waals surface area (Å²) in [5.41, 5.74) is 40.3. The number of aryl methyl sites for hydroxylation is 1. The van der Waals surface area contributed by atoms with Crippen LogP contribution < -0.4 is 39.1 Å². The molecule has 12 N–H and O–H groups in total. The Kier molecular flexibility index (Phi) is 21.8. The SMILES string of the molecule is COc1ccc(CN)cc1.Cc1ccc(CN)cc1.NCc1ccc(Cl)cc1.NCc1ccc(F)cc1.NCc1ccccc1CN. The molecule has 0 atom stereocenters. The van der Waals surface area contributed by atoms with Gasteiger partial charge >= 0.3 is 0 Å². The zero-order chi connectivity index (χ0) is 34.9. The van der Waals surface area contributed by atoms with Gasteiger partial charge in [-0.3, -0.25) is 0 Å². The molecule has 0 fully saturated rings. The molecule has 0 unspecified atom stereocenters. The van der Waals surface area contributed by atoms with Crippen molar-refractivity contribution in [2.75, 3.05) is 7.11 Å². The monoisotopic (exact) mass is 660 g/mol. The molecule has 252 valence electrons. The minimum atomic E-state index is -0.216. The Labute approximate surface area is 284 Å².